The maximum atomic E-state index is 11.3. The van der Waals surface area contributed by atoms with E-state index in [1.807, 2.05) is 40.0 Å². The second kappa shape index (κ2) is 19.1. The Morgan fingerprint density at radius 2 is 1.76 bits per heavy atom. The minimum atomic E-state index is 0. The van der Waals surface area contributed by atoms with Crippen molar-refractivity contribution in [3.63, 3.8) is 0 Å². The number of primary amides is 1. The lowest BCUT2D eigenvalue weighted by molar-refractivity contribution is -0.118. The number of rotatable bonds is 9. The number of unbranched alkanes of at least 4 members (excludes halogenated alkanes) is 3. The van der Waals surface area contributed by atoms with Crippen LogP contribution < -0.4 is 11.1 Å². The van der Waals surface area contributed by atoms with Gasteiger partial charge in [0.15, 0.2) is 0 Å². The summed E-state index contributed by atoms with van der Waals surface area (Å²) in [4.78, 5) is 32.4. The lowest BCUT2D eigenvalue weighted by atomic mass is 9.92. The molecule has 0 bridgehead atoms. The van der Waals surface area contributed by atoms with E-state index in [1.165, 1.54) is 32.4 Å². The van der Waals surface area contributed by atoms with E-state index in [2.05, 4.69) is 57.2 Å². The summed E-state index contributed by atoms with van der Waals surface area (Å²) in [5, 5.41) is 4.55. The monoisotopic (exact) mass is 565 g/mol. The molecule has 41 heavy (non-hydrogen) atoms. The van der Waals surface area contributed by atoms with Crippen molar-refractivity contribution < 1.29 is 9.59 Å². The summed E-state index contributed by atoms with van der Waals surface area (Å²) in [6.45, 7) is 12.9. The van der Waals surface area contributed by atoms with Crippen LogP contribution >= 0.6 is 0 Å². The molecule has 1 amide bonds. The molecule has 7 heteroatoms. The van der Waals surface area contributed by atoms with Gasteiger partial charge in [-0.15, -0.1) is 0 Å². The number of amides is 1. The van der Waals surface area contributed by atoms with E-state index in [1.54, 1.807) is 0 Å². The Bertz CT molecular complexity index is 1170. The van der Waals surface area contributed by atoms with Crippen LogP contribution in [-0.4, -0.2) is 40.2 Å². The van der Waals surface area contributed by atoms with E-state index in [4.69, 9.17) is 4.79 Å². The molecule has 228 valence electrons. The molecular weight excluding hydrogens is 510 g/mol. The molecule has 3 aromatic rings. The minimum absolute atomic E-state index is 0. The Balaban J connectivity index is 0.000000463. The van der Waals surface area contributed by atoms with Crippen LogP contribution in [0.5, 0.6) is 0 Å². The summed E-state index contributed by atoms with van der Waals surface area (Å²) >= 11 is 0. The van der Waals surface area contributed by atoms with Crippen molar-refractivity contribution in [1.29, 1.82) is 0 Å². The molecule has 5 rings (SSSR count). The van der Waals surface area contributed by atoms with Crippen molar-refractivity contribution in [2.75, 3.05) is 13.1 Å². The summed E-state index contributed by atoms with van der Waals surface area (Å²) in [6, 6.07) is 10.5. The standard InChI is InChI=1S/C22H27N3O.C8H15N.C2H6.CH3NO.CH4/c1-3-19(26)8-6-4-5-7-9-22-23-15-21(25-22)18-12-13-20-17(14-18)11-10-16(2)24-20;1-7-6-8(7)2-4-9-5-3-8;1-2;2-1-3;/h10-15H,3-9H2,1-2H3,(H,23,25);7,9H,2-6H2,1H3;1-2H3;1H,(H2,2,3);1H4. The van der Waals surface area contributed by atoms with Crippen molar-refractivity contribution in [1.82, 2.24) is 20.3 Å². The molecule has 1 unspecified atom stereocenters. The van der Waals surface area contributed by atoms with Crippen LogP contribution in [0, 0.1) is 18.3 Å². The van der Waals surface area contributed by atoms with E-state index in [-0.39, 0.29) is 13.8 Å². The van der Waals surface area contributed by atoms with Gasteiger partial charge in [-0.2, -0.15) is 0 Å². The Labute approximate surface area is 248 Å². The molecule has 3 heterocycles. The second-order valence-corrected chi connectivity index (χ2v) is 10.8. The molecule has 7 nitrogen and oxygen atoms in total. The van der Waals surface area contributed by atoms with Gasteiger partial charge in [0.05, 0.1) is 17.4 Å². The number of carbonyl (C=O) groups is 2. The van der Waals surface area contributed by atoms with Gasteiger partial charge in [-0.3, -0.25) is 14.6 Å². The minimum Gasteiger partial charge on any atom is -0.372 e. The number of ketones is 1. The maximum absolute atomic E-state index is 11.3. The van der Waals surface area contributed by atoms with Crippen LogP contribution in [0.4, 0.5) is 0 Å². The summed E-state index contributed by atoms with van der Waals surface area (Å²) in [6.07, 6.45) is 13.3. The zero-order valence-corrected chi connectivity index (χ0v) is 25.4. The fourth-order valence-electron chi connectivity index (χ4n) is 5.35. The number of imidazole rings is 1. The number of hydrogen-bond donors (Lipinski definition) is 3. The number of nitrogens with one attached hydrogen (secondary N) is 2. The molecule has 4 N–H and O–H groups in total. The number of benzene rings is 1. The van der Waals surface area contributed by atoms with Crippen LogP contribution in [0.25, 0.3) is 22.2 Å². The van der Waals surface area contributed by atoms with Gasteiger partial charge in [0.25, 0.3) is 0 Å². The molecule has 1 saturated heterocycles. The van der Waals surface area contributed by atoms with E-state index in [0.717, 1.165) is 83.5 Å². The van der Waals surface area contributed by atoms with E-state index < -0.39 is 0 Å². The van der Waals surface area contributed by atoms with Crippen LogP contribution in [-0.2, 0) is 16.0 Å². The van der Waals surface area contributed by atoms with Crippen LogP contribution in [0.1, 0.15) is 104 Å². The Morgan fingerprint density at radius 3 is 2.37 bits per heavy atom. The number of aromatic amines is 1. The van der Waals surface area contributed by atoms with Crippen molar-refractivity contribution >= 4 is 23.1 Å². The maximum Gasteiger partial charge on any atom is 0.204 e. The lowest BCUT2D eigenvalue weighted by Crippen LogP contribution is -2.29. The van der Waals surface area contributed by atoms with Gasteiger partial charge in [-0.1, -0.05) is 60.1 Å². The van der Waals surface area contributed by atoms with Crippen LogP contribution in [0.3, 0.4) is 0 Å². The zero-order chi connectivity index (χ0) is 29.4. The molecule has 0 radical (unpaired) electrons. The smallest absolute Gasteiger partial charge is 0.204 e. The average Bonchev–Trinajstić information content (AvgIpc) is 3.34. The highest BCUT2D eigenvalue weighted by Crippen LogP contribution is 2.57. The summed E-state index contributed by atoms with van der Waals surface area (Å²) in [7, 11) is 0. The number of fused-ring (bicyclic) bond motifs is 1. The number of piperidine rings is 1. The molecule has 2 aliphatic rings. The third-order valence-electron chi connectivity index (χ3n) is 7.98. The third-order valence-corrected chi connectivity index (χ3v) is 7.98. The first-order chi connectivity index (χ1) is 19.4. The fraction of sp³-hybridized carbons (Fsp3) is 0.588. The first kappa shape index (κ1) is 36.0. The van der Waals surface area contributed by atoms with Crippen LogP contribution in [0.15, 0.2) is 36.5 Å². The predicted molar refractivity (Wildman–Crippen MR) is 173 cm³/mol. The number of aryl methyl sites for hydroxylation is 2. The molecule has 1 aromatic carbocycles. The van der Waals surface area contributed by atoms with Crippen LogP contribution in [0.2, 0.25) is 0 Å². The summed E-state index contributed by atoms with van der Waals surface area (Å²) < 4.78 is 0. The predicted octanol–water partition coefficient (Wildman–Crippen LogP) is 7.57. The first-order valence-electron chi connectivity index (χ1n) is 15.2. The lowest BCUT2D eigenvalue weighted by Gasteiger charge is -2.22. The number of pyridine rings is 1. The molecule has 1 aliphatic heterocycles. The van der Waals surface area contributed by atoms with Gasteiger partial charge in [0, 0.05) is 35.9 Å². The first-order valence-corrected chi connectivity index (χ1v) is 15.2. The Morgan fingerprint density at radius 1 is 1.10 bits per heavy atom. The topological polar surface area (TPSA) is 114 Å². The molecule has 1 saturated carbocycles. The molecule has 1 spiro atoms. The average molecular weight is 566 g/mol. The molecule has 1 aliphatic carbocycles. The van der Waals surface area contributed by atoms with Gasteiger partial charge < -0.3 is 16.0 Å². The number of carbonyl (C=O) groups excluding carboxylic acids is 2. The van der Waals surface area contributed by atoms with Gasteiger partial charge in [0.1, 0.15) is 11.6 Å². The Hall–Kier alpha value is -3.06. The Kier molecular flexibility index (Phi) is 16.8. The largest absolute Gasteiger partial charge is 0.372 e. The number of nitrogens with two attached hydrogens (primary N) is 1. The number of aromatic nitrogens is 3. The van der Waals surface area contributed by atoms with Crippen molar-refractivity contribution in [2.24, 2.45) is 17.1 Å². The molecule has 1 atom stereocenters. The highest BCUT2D eigenvalue weighted by molar-refractivity contribution is 5.83. The molecule has 2 fully saturated rings. The van der Waals surface area contributed by atoms with Gasteiger partial charge in [0.2, 0.25) is 6.41 Å². The molecule has 2 aromatic heterocycles. The summed E-state index contributed by atoms with van der Waals surface area (Å²) in [5.74, 6) is 2.45. The fourth-order valence-corrected chi connectivity index (χ4v) is 5.35. The highest BCUT2D eigenvalue weighted by Gasteiger charge is 2.50. The van der Waals surface area contributed by atoms with E-state index in [9.17, 15) is 4.79 Å². The second-order valence-electron chi connectivity index (χ2n) is 10.8. The van der Waals surface area contributed by atoms with E-state index >= 15 is 0 Å². The number of nitrogens with zero attached hydrogens (tertiary/aromatic N) is 2. The van der Waals surface area contributed by atoms with Crippen molar-refractivity contribution in [3.8, 4) is 11.3 Å². The molecular formula is C34H55N5O2. The highest BCUT2D eigenvalue weighted by atomic mass is 16.1. The number of hydrogen-bond acceptors (Lipinski definition) is 5. The zero-order valence-electron chi connectivity index (χ0n) is 25.4. The quantitative estimate of drug-likeness (QED) is 0.183. The van der Waals surface area contributed by atoms with Crippen molar-refractivity contribution in [3.05, 3.63) is 48.0 Å². The summed E-state index contributed by atoms with van der Waals surface area (Å²) in [5.41, 5.74) is 9.24. The van der Waals surface area contributed by atoms with Gasteiger partial charge >= 0.3 is 0 Å². The van der Waals surface area contributed by atoms with Gasteiger partial charge in [-0.05, 0) is 81.6 Å². The SMILES string of the molecule is C.CC.CC1CC12CCNCC2.CCC(=O)CCCCCCc1ncc(-c2ccc3nc(C)ccc3c2)[nH]1.NC=O. The third kappa shape index (κ3) is 11.8. The van der Waals surface area contributed by atoms with Gasteiger partial charge in [-0.25, -0.2) is 4.98 Å². The van der Waals surface area contributed by atoms with Crippen molar-refractivity contribution in [2.45, 2.75) is 106 Å². The number of H-pyrrole nitrogens is 1. The number of Topliss-reactive ketones (excluding diaryl/α,β-unsaturated/α-hetero) is 1. The normalized spacial score (nSPS) is 16.1. The van der Waals surface area contributed by atoms with E-state index in [0.29, 0.717) is 12.2 Å².